The molecule has 1 amide bonds. The molecule has 7 heteroatoms. The average molecular weight is 361 g/mol. The fourth-order valence-electron chi connectivity index (χ4n) is 3.04. The Morgan fingerprint density at radius 1 is 1.32 bits per heavy atom. The van der Waals surface area contributed by atoms with Crippen LogP contribution in [-0.4, -0.2) is 17.4 Å². The summed E-state index contributed by atoms with van der Waals surface area (Å²) < 4.78 is 5.33. The van der Waals surface area contributed by atoms with E-state index in [0.717, 1.165) is 24.8 Å². The number of carbonyl (C=O) groups excluding carboxylic acids is 1. The van der Waals surface area contributed by atoms with Crippen LogP contribution in [0.15, 0.2) is 42.5 Å². The first-order chi connectivity index (χ1) is 12.0. The number of nitro benzene ring substituents is 1. The maximum atomic E-state index is 12.2. The zero-order valence-electron chi connectivity index (χ0n) is 13.4. The number of fused-ring (bicyclic) bond motifs is 1. The van der Waals surface area contributed by atoms with Gasteiger partial charge in [-0.2, -0.15) is 0 Å². The van der Waals surface area contributed by atoms with Crippen LogP contribution in [0.3, 0.4) is 0 Å². The first kappa shape index (κ1) is 17.2. The van der Waals surface area contributed by atoms with Gasteiger partial charge in [0.25, 0.3) is 5.91 Å². The number of hydrogen-bond donors (Lipinski definition) is 1. The number of hydrogen-bond acceptors (Lipinski definition) is 4. The van der Waals surface area contributed by atoms with E-state index in [0.29, 0.717) is 0 Å². The Kier molecular flexibility index (Phi) is 5.19. The largest absolute Gasteiger partial charge is 0.477 e. The summed E-state index contributed by atoms with van der Waals surface area (Å²) in [5, 5.41) is 14.2. The second kappa shape index (κ2) is 7.53. The molecule has 2 aromatic rings. The van der Waals surface area contributed by atoms with E-state index in [2.05, 4.69) is 11.4 Å². The van der Waals surface area contributed by atoms with Crippen molar-refractivity contribution in [3.63, 3.8) is 0 Å². The molecular formula is C18H17ClN2O4. The molecule has 1 atom stereocenters. The number of halogens is 1. The van der Waals surface area contributed by atoms with E-state index < -0.39 is 4.92 Å². The van der Waals surface area contributed by atoms with E-state index in [1.165, 1.54) is 23.8 Å². The molecule has 0 saturated carbocycles. The first-order valence-corrected chi connectivity index (χ1v) is 8.36. The van der Waals surface area contributed by atoms with E-state index >= 15 is 0 Å². The minimum atomic E-state index is -0.587. The molecule has 1 aliphatic rings. The highest BCUT2D eigenvalue weighted by atomic mass is 35.5. The summed E-state index contributed by atoms with van der Waals surface area (Å²) in [7, 11) is 0. The van der Waals surface area contributed by atoms with Gasteiger partial charge >= 0.3 is 5.69 Å². The molecular weight excluding hydrogens is 344 g/mol. The van der Waals surface area contributed by atoms with Gasteiger partial charge in [-0.05, 0) is 42.5 Å². The number of nitrogens with one attached hydrogen (secondary N) is 1. The lowest BCUT2D eigenvalue weighted by Gasteiger charge is -2.26. The summed E-state index contributed by atoms with van der Waals surface area (Å²) in [6.45, 7) is -0.291. The lowest BCUT2D eigenvalue weighted by molar-refractivity contribution is -0.385. The number of benzene rings is 2. The summed E-state index contributed by atoms with van der Waals surface area (Å²) in [5.74, 6) is -0.292. The second-order valence-corrected chi connectivity index (χ2v) is 6.31. The lowest BCUT2D eigenvalue weighted by atomic mass is 9.88. The number of rotatable bonds is 5. The van der Waals surface area contributed by atoms with Crippen LogP contribution in [0.4, 0.5) is 5.69 Å². The van der Waals surface area contributed by atoms with Crippen molar-refractivity contribution in [2.75, 3.05) is 6.61 Å². The van der Waals surface area contributed by atoms with Gasteiger partial charge in [0.2, 0.25) is 0 Å². The predicted molar refractivity (Wildman–Crippen MR) is 93.9 cm³/mol. The Morgan fingerprint density at radius 3 is 2.92 bits per heavy atom. The van der Waals surface area contributed by atoms with E-state index in [1.54, 1.807) is 0 Å². The molecule has 3 rings (SSSR count). The van der Waals surface area contributed by atoms with Crippen molar-refractivity contribution in [3.8, 4) is 5.75 Å². The third-order valence-corrected chi connectivity index (χ3v) is 4.42. The third-order valence-electron chi connectivity index (χ3n) is 4.18. The molecule has 0 radical (unpaired) electrons. The van der Waals surface area contributed by atoms with Gasteiger partial charge in [0.1, 0.15) is 0 Å². The Morgan fingerprint density at radius 2 is 2.12 bits per heavy atom. The fraction of sp³-hybridized carbons (Fsp3) is 0.278. The van der Waals surface area contributed by atoms with Crippen molar-refractivity contribution in [1.29, 1.82) is 0 Å². The smallest absolute Gasteiger partial charge is 0.312 e. The molecule has 1 N–H and O–H groups in total. The van der Waals surface area contributed by atoms with Crippen LogP contribution in [0.25, 0.3) is 0 Å². The van der Waals surface area contributed by atoms with Crippen LogP contribution in [0, 0.1) is 10.1 Å². The predicted octanol–water partition coefficient (Wildman–Crippen LogP) is 3.82. The maximum Gasteiger partial charge on any atom is 0.312 e. The van der Waals surface area contributed by atoms with Crippen LogP contribution in [-0.2, 0) is 11.2 Å². The molecule has 6 nitrogen and oxygen atoms in total. The summed E-state index contributed by atoms with van der Waals surface area (Å²) >= 11 is 5.76. The van der Waals surface area contributed by atoms with E-state index in [9.17, 15) is 14.9 Å². The zero-order chi connectivity index (χ0) is 17.8. The Bertz CT molecular complexity index is 809. The Labute approximate surface area is 149 Å². The second-order valence-electron chi connectivity index (χ2n) is 5.87. The standard InChI is InChI=1S/C18H17ClN2O4/c19-13-8-9-17(16(10-13)21(23)24)25-11-18(22)20-15-7-3-5-12-4-1-2-6-14(12)15/h1-2,4,6,8-10,15H,3,5,7,11H2,(H,20,22). The number of ether oxygens (including phenoxy) is 1. The number of nitro groups is 1. The van der Waals surface area contributed by atoms with E-state index in [1.807, 2.05) is 18.2 Å². The molecule has 1 unspecified atom stereocenters. The van der Waals surface area contributed by atoms with Gasteiger partial charge in [-0.25, -0.2) is 0 Å². The van der Waals surface area contributed by atoms with Crippen molar-refractivity contribution in [2.24, 2.45) is 0 Å². The molecule has 0 spiro atoms. The van der Waals surface area contributed by atoms with Crippen molar-refractivity contribution < 1.29 is 14.5 Å². The Balaban J connectivity index is 1.64. The average Bonchev–Trinajstić information content (AvgIpc) is 2.61. The number of aryl methyl sites for hydroxylation is 1. The minimum absolute atomic E-state index is 0.0218. The highest BCUT2D eigenvalue weighted by molar-refractivity contribution is 6.30. The van der Waals surface area contributed by atoms with Gasteiger partial charge < -0.3 is 10.1 Å². The molecule has 1 aliphatic carbocycles. The SMILES string of the molecule is O=C(COc1ccc(Cl)cc1[N+](=O)[O-])NC1CCCc2ccccc21. The van der Waals surface area contributed by atoms with Crippen molar-refractivity contribution >= 4 is 23.2 Å². The lowest BCUT2D eigenvalue weighted by Crippen LogP contribution is -2.34. The maximum absolute atomic E-state index is 12.2. The van der Waals surface area contributed by atoms with Crippen LogP contribution in [0.1, 0.15) is 30.0 Å². The number of amides is 1. The van der Waals surface area contributed by atoms with Crippen LogP contribution in [0.5, 0.6) is 5.75 Å². The van der Waals surface area contributed by atoms with Crippen LogP contribution < -0.4 is 10.1 Å². The summed E-state index contributed by atoms with van der Waals surface area (Å²) in [6.07, 6.45) is 2.88. The molecule has 0 fully saturated rings. The number of carbonyl (C=O) groups is 1. The molecule has 0 aliphatic heterocycles. The molecule has 25 heavy (non-hydrogen) atoms. The highest BCUT2D eigenvalue weighted by Crippen LogP contribution is 2.31. The van der Waals surface area contributed by atoms with Gasteiger partial charge in [0, 0.05) is 11.1 Å². The van der Waals surface area contributed by atoms with E-state index in [4.69, 9.17) is 16.3 Å². The molecule has 0 aromatic heterocycles. The van der Waals surface area contributed by atoms with Gasteiger partial charge in [-0.3, -0.25) is 14.9 Å². The topological polar surface area (TPSA) is 81.5 Å². The third kappa shape index (κ3) is 4.09. The molecule has 0 saturated heterocycles. The highest BCUT2D eigenvalue weighted by Gasteiger charge is 2.22. The quantitative estimate of drug-likeness (QED) is 0.649. The van der Waals surface area contributed by atoms with Crippen LogP contribution >= 0.6 is 11.6 Å². The molecule has 0 heterocycles. The summed E-state index contributed by atoms with van der Waals surface area (Å²) in [4.78, 5) is 22.7. The normalized spacial score (nSPS) is 16.0. The molecule has 0 bridgehead atoms. The summed E-state index contributed by atoms with van der Waals surface area (Å²) in [5.41, 5.74) is 2.11. The van der Waals surface area contributed by atoms with Gasteiger partial charge in [0.15, 0.2) is 12.4 Å². The molecule has 2 aromatic carbocycles. The van der Waals surface area contributed by atoms with Gasteiger partial charge in [-0.15, -0.1) is 0 Å². The van der Waals surface area contributed by atoms with Crippen molar-refractivity contribution in [2.45, 2.75) is 25.3 Å². The van der Waals surface area contributed by atoms with Crippen molar-refractivity contribution in [1.82, 2.24) is 5.32 Å². The monoisotopic (exact) mass is 360 g/mol. The molecule has 130 valence electrons. The van der Waals surface area contributed by atoms with Crippen LogP contribution in [0.2, 0.25) is 5.02 Å². The van der Waals surface area contributed by atoms with Gasteiger partial charge in [-0.1, -0.05) is 35.9 Å². The first-order valence-electron chi connectivity index (χ1n) is 7.98. The fourth-order valence-corrected chi connectivity index (χ4v) is 3.20. The zero-order valence-corrected chi connectivity index (χ0v) is 14.2. The minimum Gasteiger partial charge on any atom is -0.477 e. The van der Waals surface area contributed by atoms with E-state index in [-0.39, 0.29) is 35.0 Å². The number of nitrogens with zero attached hydrogens (tertiary/aromatic N) is 1. The summed E-state index contributed by atoms with van der Waals surface area (Å²) in [6, 6.07) is 12.1. The van der Waals surface area contributed by atoms with Crippen molar-refractivity contribution in [3.05, 3.63) is 68.7 Å². The van der Waals surface area contributed by atoms with Gasteiger partial charge in [0.05, 0.1) is 11.0 Å². The Hall–Kier alpha value is -2.60.